The summed E-state index contributed by atoms with van der Waals surface area (Å²) in [4.78, 5) is 18.8. The predicted octanol–water partition coefficient (Wildman–Crippen LogP) is 2.15. The zero-order valence-corrected chi connectivity index (χ0v) is 13.0. The molecule has 0 spiro atoms. The second-order valence-corrected chi connectivity index (χ2v) is 6.25. The van der Waals surface area contributed by atoms with E-state index in [0.717, 1.165) is 56.3 Å². The summed E-state index contributed by atoms with van der Waals surface area (Å²) in [5.41, 5.74) is 0.789. The van der Waals surface area contributed by atoms with Gasteiger partial charge in [0.15, 0.2) is 0 Å². The molecule has 2 rings (SSSR count). The molecule has 1 aromatic heterocycles. The Morgan fingerprint density at radius 2 is 2.05 bits per heavy atom. The van der Waals surface area contributed by atoms with Gasteiger partial charge in [0.2, 0.25) is 0 Å². The number of hydrogen-bond donors (Lipinski definition) is 2. The van der Waals surface area contributed by atoms with E-state index in [1.54, 1.807) is 0 Å². The second-order valence-electron chi connectivity index (χ2n) is 5.17. The molecule has 1 fully saturated rings. The van der Waals surface area contributed by atoms with E-state index in [-0.39, 0.29) is 5.92 Å². The normalized spacial score (nSPS) is 16.8. The van der Waals surface area contributed by atoms with E-state index in [0.29, 0.717) is 4.88 Å². The number of thiazole rings is 1. The highest BCUT2D eigenvalue weighted by Crippen LogP contribution is 2.30. The number of piperazine rings is 1. The van der Waals surface area contributed by atoms with Gasteiger partial charge in [-0.3, -0.25) is 4.90 Å². The Hall–Kier alpha value is -0.980. The topological polar surface area (TPSA) is 65.5 Å². The largest absolute Gasteiger partial charge is 0.477 e. The fourth-order valence-corrected chi connectivity index (χ4v) is 3.64. The van der Waals surface area contributed by atoms with E-state index >= 15 is 0 Å². The fraction of sp³-hybridized carbons (Fsp3) is 0.714. The van der Waals surface area contributed by atoms with Crippen molar-refractivity contribution in [3.63, 3.8) is 0 Å². The first-order valence-electron chi connectivity index (χ1n) is 7.31. The maximum Gasteiger partial charge on any atom is 0.347 e. The number of carboxylic acid groups (broad SMARTS) is 1. The molecule has 1 aromatic rings. The molecule has 20 heavy (non-hydrogen) atoms. The van der Waals surface area contributed by atoms with Crippen molar-refractivity contribution in [1.29, 1.82) is 0 Å². The Labute approximate surface area is 124 Å². The van der Waals surface area contributed by atoms with Crippen molar-refractivity contribution in [2.24, 2.45) is 0 Å². The molecule has 6 heteroatoms. The summed E-state index contributed by atoms with van der Waals surface area (Å²) < 4.78 is 0. The average molecular weight is 297 g/mol. The smallest absolute Gasteiger partial charge is 0.347 e. The number of nitrogens with zero attached hydrogens (tertiary/aromatic N) is 2. The summed E-state index contributed by atoms with van der Waals surface area (Å²) in [5.74, 6) is -0.579. The molecule has 5 nitrogen and oxygen atoms in total. The Morgan fingerprint density at radius 3 is 2.60 bits per heavy atom. The first-order chi connectivity index (χ1) is 9.65. The van der Waals surface area contributed by atoms with Crippen LogP contribution < -0.4 is 5.32 Å². The number of carbonyl (C=O) groups is 1. The van der Waals surface area contributed by atoms with E-state index in [1.165, 1.54) is 11.3 Å². The van der Waals surface area contributed by atoms with Crippen molar-refractivity contribution in [3.05, 3.63) is 15.6 Å². The summed E-state index contributed by atoms with van der Waals surface area (Å²) >= 11 is 1.35. The van der Waals surface area contributed by atoms with Crippen LogP contribution in [0.3, 0.4) is 0 Å². The number of nitrogens with one attached hydrogen (secondary N) is 1. The van der Waals surface area contributed by atoms with Gasteiger partial charge in [-0.2, -0.15) is 0 Å². The third-order valence-corrected chi connectivity index (χ3v) is 4.88. The van der Waals surface area contributed by atoms with Gasteiger partial charge in [-0.15, -0.1) is 11.3 Å². The lowest BCUT2D eigenvalue weighted by molar-refractivity contribution is 0.0700. The monoisotopic (exact) mass is 297 g/mol. The van der Waals surface area contributed by atoms with Crippen molar-refractivity contribution in [2.45, 2.75) is 39.2 Å². The van der Waals surface area contributed by atoms with Crippen LogP contribution in [0, 0.1) is 0 Å². The molecule has 1 aliphatic rings. The molecule has 0 bridgehead atoms. The Balaban J connectivity index is 2.17. The second kappa shape index (κ2) is 7.15. The van der Waals surface area contributed by atoms with Crippen LogP contribution in [0.25, 0.3) is 0 Å². The third-order valence-electron chi connectivity index (χ3n) is 3.83. The molecule has 0 aliphatic carbocycles. The van der Waals surface area contributed by atoms with Crippen molar-refractivity contribution in [2.75, 3.05) is 26.2 Å². The molecule has 1 aliphatic heterocycles. The Kier molecular flexibility index (Phi) is 5.51. The number of carboxylic acids is 1. The fourth-order valence-electron chi connectivity index (χ4n) is 2.61. The molecule has 1 saturated heterocycles. The van der Waals surface area contributed by atoms with Gasteiger partial charge in [0.05, 0.1) is 12.2 Å². The average Bonchev–Trinajstić information content (AvgIpc) is 2.85. The van der Waals surface area contributed by atoms with E-state index in [2.05, 4.69) is 29.0 Å². The molecule has 0 amide bonds. The van der Waals surface area contributed by atoms with Crippen molar-refractivity contribution in [1.82, 2.24) is 15.2 Å². The van der Waals surface area contributed by atoms with E-state index < -0.39 is 5.97 Å². The molecular weight excluding hydrogens is 274 g/mol. The summed E-state index contributed by atoms with van der Waals surface area (Å²) in [5, 5.41) is 13.6. The Morgan fingerprint density at radius 1 is 1.40 bits per heavy atom. The highest BCUT2D eigenvalue weighted by molar-refractivity contribution is 7.13. The highest BCUT2D eigenvalue weighted by Gasteiger charge is 2.23. The first kappa shape index (κ1) is 15.4. The number of hydrogen-bond acceptors (Lipinski definition) is 5. The molecule has 0 saturated carbocycles. The number of rotatable bonds is 6. The number of aromatic nitrogens is 1. The van der Waals surface area contributed by atoms with Crippen LogP contribution in [-0.4, -0.2) is 47.1 Å². The molecule has 2 N–H and O–H groups in total. The summed E-state index contributed by atoms with van der Waals surface area (Å²) in [6.45, 7) is 8.95. The van der Waals surface area contributed by atoms with Crippen LogP contribution in [0.15, 0.2) is 0 Å². The quantitative estimate of drug-likeness (QED) is 0.842. The van der Waals surface area contributed by atoms with E-state index in [1.807, 2.05) is 0 Å². The van der Waals surface area contributed by atoms with Crippen LogP contribution in [0.4, 0.5) is 0 Å². The minimum absolute atomic E-state index is 0.258. The van der Waals surface area contributed by atoms with Gasteiger partial charge in [0.25, 0.3) is 0 Å². The van der Waals surface area contributed by atoms with Crippen molar-refractivity contribution < 1.29 is 9.90 Å². The van der Waals surface area contributed by atoms with Crippen LogP contribution in [0.1, 0.15) is 53.0 Å². The first-order valence-corrected chi connectivity index (χ1v) is 8.13. The van der Waals surface area contributed by atoms with Gasteiger partial charge in [0, 0.05) is 32.1 Å². The van der Waals surface area contributed by atoms with Gasteiger partial charge < -0.3 is 10.4 Å². The van der Waals surface area contributed by atoms with Gasteiger partial charge in [-0.05, 0) is 12.8 Å². The van der Waals surface area contributed by atoms with E-state index in [9.17, 15) is 9.90 Å². The van der Waals surface area contributed by atoms with Crippen molar-refractivity contribution in [3.8, 4) is 0 Å². The predicted molar refractivity (Wildman–Crippen MR) is 80.5 cm³/mol. The maximum atomic E-state index is 11.4. The van der Waals surface area contributed by atoms with Gasteiger partial charge in [-0.1, -0.05) is 13.8 Å². The lowest BCUT2D eigenvalue weighted by atomic mass is 9.98. The molecular formula is C14H23N3O2S. The lowest BCUT2D eigenvalue weighted by Crippen LogP contribution is -2.42. The maximum absolute atomic E-state index is 11.4. The third kappa shape index (κ3) is 3.56. The van der Waals surface area contributed by atoms with Gasteiger partial charge >= 0.3 is 5.97 Å². The molecule has 112 valence electrons. The number of aromatic carboxylic acids is 1. The molecule has 0 unspecified atom stereocenters. The zero-order chi connectivity index (χ0) is 14.5. The minimum Gasteiger partial charge on any atom is -0.477 e. The van der Waals surface area contributed by atoms with Crippen molar-refractivity contribution >= 4 is 17.3 Å². The van der Waals surface area contributed by atoms with E-state index in [4.69, 9.17) is 0 Å². The van der Waals surface area contributed by atoms with Crippen LogP contribution in [0.2, 0.25) is 0 Å². The zero-order valence-electron chi connectivity index (χ0n) is 12.2. The molecule has 0 atom stereocenters. The molecule has 0 aromatic carbocycles. The summed E-state index contributed by atoms with van der Waals surface area (Å²) in [7, 11) is 0. The van der Waals surface area contributed by atoms with Gasteiger partial charge in [-0.25, -0.2) is 9.78 Å². The SMILES string of the molecule is CCC(CC)c1nc(CN2CCNCC2)sc1C(=O)O. The minimum atomic E-state index is -0.837. The standard InChI is InChI=1S/C14H23N3O2S/c1-3-10(4-2)12-13(14(18)19)20-11(16-12)9-17-7-5-15-6-8-17/h10,15H,3-9H2,1-2H3,(H,18,19). The summed E-state index contributed by atoms with van der Waals surface area (Å²) in [6.07, 6.45) is 1.88. The van der Waals surface area contributed by atoms with Crippen LogP contribution >= 0.6 is 11.3 Å². The molecule has 2 heterocycles. The highest BCUT2D eigenvalue weighted by atomic mass is 32.1. The van der Waals surface area contributed by atoms with Gasteiger partial charge in [0.1, 0.15) is 9.88 Å². The lowest BCUT2D eigenvalue weighted by Gasteiger charge is -2.26. The van der Waals surface area contributed by atoms with Crippen LogP contribution in [-0.2, 0) is 6.54 Å². The molecule has 0 radical (unpaired) electrons. The summed E-state index contributed by atoms with van der Waals surface area (Å²) in [6, 6.07) is 0. The Bertz CT molecular complexity index is 451. The van der Waals surface area contributed by atoms with Crippen LogP contribution in [0.5, 0.6) is 0 Å².